The summed E-state index contributed by atoms with van der Waals surface area (Å²) >= 11 is 0. The summed E-state index contributed by atoms with van der Waals surface area (Å²) in [5.74, 6) is 2.02. The predicted molar refractivity (Wildman–Crippen MR) is 95.8 cm³/mol. The molecule has 0 radical (unpaired) electrons. The van der Waals surface area contributed by atoms with Crippen LogP contribution in [0.2, 0.25) is 0 Å². The number of hydrogen-bond donors (Lipinski definition) is 3. The zero-order chi connectivity index (χ0) is 17.4. The molecule has 0 saturated carbocycles. The van der Waals surface area contributed by atoms with Crippen molar-refractivity contribution in [2.45, 2.75) is 31.9 Å². The van der Waals surface area contributed by atoms with Gasteiger partial charge in [0.05, 0.1) is 26.9 Å². The molecule has 0 aromatic heterocycles. The fraction of sp³-hybridized carbons (Fsp3) is 0.500. The van der Waals surface area contributed by atoms with Gasteiger partial charge in [0.2, 0.25) is 0 Å². The Kier molecular flexibility index (Phi) is 6.93. The van der Waals surface area contributed by atoms with Gasteiger partial charge in [0.15, 0.2) is 5.96 Å². The lowest BCUT2D eigenvalue weighted by Gasteiger charge is -2.18. The van der Waals surface area contributed by atoms with Crippen molar-refractivity contribution in [2.75, 3.05) is 27.3 Å². The van der Waals surface area contributed by atoms with E-state index >= 15 is 0 Å². The maximum absolute atomic E-state index is 10.5. The molecule has 0 saturated heterocycles. The second kappa shape index (κ2) is 9.17. The van der Waals surface area contributed by atoms with E-state index in [1.165, 1.54) is 0 Å². The van der Waals surface area contributed by atoms with Gasteiger partial charge in [-0.05, 0) is 37.5 Å². The van der Waals surface area contributed by atoms with Crippen LogP contribution in [0.4, 0.5) is 0 Å². The minimum Gasteiger partial charge on any atom is -0.497 e. The molecule has 1 aromatic carbocycles. The van der Waals surface area contributed by atoms with Gasteiger partial charge in [0.25, 0.3) is 0 Å². The molecule has 1 aliphatic rings. The Morgan fingerprint density at radius 2 is 1.83 bits per heavy atom. The molecule has 2 rings (SSSR count). The summed E-state index contributed by atoms with van der Waals surface area (Å²) in [7, 11) is 3.18. The molecular weight excluding hydrogens is 306 g/mol. The van der Waals surface area contributed by atoms with Crippen molar-refractivity contribution >= 4 is 5.96 Å². The van der Waals surface area contributed by atoms with Crippen molar-refractivity contribution in [3.8, 4) is 11.5 Å². The van der Waals surface area contributed by atoms with Gasteiger partial charge in [-0.3, -0.25) is 4.99 Å². The van der Waals surface area contributed by atoms with Gasteiger partial charge in [-0.25, -0.2) is 0 Å². The Bertz CT molecular complexity index is 557. The van der Waals surface area contributed by atoms with Crippen molar-refractivity contribution in [3.63, 3.8) is 0 Å². The third-order valence-corrected chi connectivity index (χ3v) is 3.87. The van der Waals surface area contributed by atoms with Gasteiger partial charge < -0.3 is 25.2 Å². The van der Waals surface area contributed by atoms with E-state index in [0.29, 0.717) is 23.1 Å². The molecule has 0 amide bonds. The predicted octanol–water partition coefficient (Wildman–Crippen LogP) is 2.01. The van der Waals surface area contributed by atoms with Crippen molar-refractivity contribution in [1.29, 1.82) is 0 Å². The molecule has 1 atom stereocenters. The van der Waals surface area contributed by atoms with E-state index in [-0.39, 0.29) is 6.54 Å². The lowest BCUT2D eigenvalue weighted by Crippen LogP contribution is -2.42. The van der Waals surface area contributed by atoms with Crippen molar-refractivity contribution in [2.24, 2.45) is 4.99 Å². The van der Waals surface area contributed by atoms with Gasteiger partial charge in [-0.1, -0.05) is 12.2 Å². The summed E-state index contributed by atoms with van der Waals surface area (Å²) in [6, 6.07) is 5.74. The molecule has 0 bridgehead atoms. The Balaban J connectivity index is 2.03. The molecule has 0 spiro atoms. The molecule has 1 aliphatic carbocycles. The molecule has 6 heteroatoms. The van der Waals surface area contributed by atoms with E-state index in [2.05, 4.69) is 27.8 Å². The van der Waals surface area contributed by atoms with Crippen LogP contribution in [0.15, 0.2) is 35.3 Å². The smallest absolute Gasteiger partial charge is 0.191 e. The maximum atomic E-state index is 10.5. The normalized spacial score (nSPS) is 16.1. The highest BCUT2D eigenvalue weighted by molar-refractivity contribution is 5.80. The van der Waals surface area contributed by atoms with Crippen LogP contribution < -0.4 is 20.1 Å². The van der Waals surface area contributed by atoms with Crippen LogP contribution in [0.5, 0.6) is 11.5 Å². The Morgan fingerprint density at radius 3 is 2.38 bits per heavy atom. The van der Waals surface area contributed by atoms with Crippen molar-refractivity contribution in [3.05, 3.63) is 35.9 Å². The molecule has 3 N–H and O–H groups in total. The summed E-state index contributed by atoms with van der Waals surface area (Å²) in [5.41, 5.74) is 0.716. The number of benzene rings is 1. The number of ether oxygens (including phenoxy) is 2. The first kappa shape index (κ1) is 18.1. The van der Waals surface area contributed by atoms with E-state index in [1.807, 2.05) is 6.92 Å². The fourth-order valence-corrected chi connectivity index (χ4v) is 2.55. The van der Waals surface area contributed by atoms with Gasteiger partial charge in [0.1, 0.15) is 11.5 Å². The summed E-state index contributed by atoms with van der Waals surface area (Å²) in [5, 5.41) is 17.0. The average molecular weight is 333 g/mol. The van der Waals surface area contributed by atoms with Crippen LogP contribution in [0.1, 0.15) is 31.4 Å². The minimum absolute atomic E-state index is 0.256. The van der Waals surface area contributed by atoms with E-state index in [1.54, 1.807) is 32.4 Å². The van der Waals surface area contributed by atoms with Crippen molar-refractivity contribution < 1.29 is 14.6 Å². The largest absolute Gasteiger partial charge is 0.497 e. The fourth-order valence-electron chi connectivity index (χ4n) is 2.55. The van der Waals surface area contributed by atoms with Crippen LogP contribution >= 0.6 is 0 Å². The average Bonchev–Trinajstić information content (AvgIpc) is 3.12. The summed E-state index contributed by atoms with van der Waals surface area (Å²) in [6.07, 6.45) is 5.60. The number of methoxy groups -OCH3 is 2. The highest BCUT2D eigenvalue weighted by Gasteiger charge is 2.14. The number of hydrogen-bond acceptors (Lipinski definition) is 4. The highest BCUT2D eigenvalue weighted by atomic mass is 16.5. The number of nitrogens with one attached hydrogen (secondary N) is 2. The van der Waals surface area contributed by atoms with Gasteiger partial charge in [-0.2, -0.15) is 0 Å². The quantitative estimate of drug-likeness (QED) is 0.404. The molecule has 132 valence electrons. The van der Waals surface area contributed by atoms with Gasteiger partial charge in [-0.15, -0.1) is 0 Å². The minimum atomic E-state index is -0.730. The van der Waals surface area contributed by atoms with Crippen LogP contribution in [-0.4, -0.2) is 44.4 Å². The van der Waals surface area contributed by atoms with E-state index in [9.17, 15) is 5.11 Å². The number of aliphatic hydroxyl groups excluding tert-OH is 1. The van der Waals surface area contributed by atoms with Crippen LogP contribution in [0, 0.1) is 0 Å². The third kappa shape index (κ3) is 5.16. The molecule has 1 aromatic rings. The first-order chi connectivity index (χ1) is 11.7. The van der Waals surface area contributed by atoms with E-state index < -0.39 is 6.10 Å². The molecule has 0 fully saturated rings. The number of nitrogens with zero attached hydrogens (tertiary/aromatic N) is 1. The van der Waals surface area contributed by atoms with Crippen LogP contribution in [0.25, 0.3) is 0 Å². The lowest BCUT2D eigenvalue weighted by atomic mass is 10.1. The molecule has 6 nitrogen and oxygen atoms in total. The van der Waals surface area contributed by atoms with E-state index in [0.717, 1.165) is 25.3 Å². The monoisotopic (exact) mass is 333 g/mol. The summed E-state index contributed by atoms with van der Waals surface area (Å²) < 4.78 is 10.5. The van der Waals surface area contributed by atoms with Crippen molar-refractivity contribution in [1.82, 2.24) is 10.6 Å². The lowest BCUT2D eigenvalue weighted by molar-refractivity contribution is 0.186. The number of aliphatic hydroxyl groups is 1. The van der Waals surface area contributed by atoms with Gasteiger partial charge in [0, 0.05) is 18.7 Å². The zero-order valence-corrected chi connectivity index (χ0v) is 14.6. The number of guanidine groups is 1. The standard InChI is InChI=1S/C18H27N3O3/c1-4-19-18(21-14-7-5-6-8-14)20-12-17(22)13-9-15(23-2)11-16(10-13)24-3/h5-6,9-11,14,17,22H,4,7-8,12H2,1-3H3,(H2,19,20,21). The first-order valence-electron chi connectivity index (χ1n) is 8.27. The number of rotatable bonds is 7. The zero-order valence-electron chi connectivity index (χ0n) is 14.6. The Labute approximate surface area is 143 Å². The number of aliphatic imine (C=N–C) groups is 1. The second-order valence-electron chi connectivity index (χ2n) is 5.67. The molecule has 1 unspecified atom stereocenters. The van der Waals surface area contributed by atoms with Crippen LogP contribution in [-0.2, 0) is 0 Å². The first-order valence-corrected chi connectivity index (χ1v) is 8.27. The second-order valence-corrected chi connectivity index (χ2v) is 5.67. The maximum Gasteiger partial charge on any atom is 0.191 e. The molecule has 0 aliphatic heterocycles. The SMILES string of the molecule is CCNC(=NCC(O)c1cc(OC)cc(OC)c1)NC1CC=CC1. The topological polar surface area (TPSA) is 75.1 Å². The summed E-state index contributed by atoms with van der Waals surface area (Å²) in [6.45, 7) is 3.05. The molecular formula is C18H27N3O3. The summed E-state index contributed by atoms with van der Waals surface area (Å²) in [4.78, 5) is 4.50. The van der Waals surface area contributed by atoms with E-state index in [4.69, 9.17) is 9.47 Å². The molecule has 24 heavy (non-hydrogen) atoms. The van der Waals surface area contributed by atoms with Gasteiger partial charge >= 0.3 is 0 Å². The highest BCUT2D eigenvalue weighted by Crippen LogP contribution is 2.26. The Morgan fingerprint density at radius 1 is 1.21 bits per heavy atom. The Hall–Kier alpha value is -2.21. The molecule has 0 heterocycles. The van der Waals surface area contributed by atoms with Crippen LogP contribution in [0.3, 0.4) is 0 Å². The third-order valence-electron chi connectivity index (χ3n) is 3.87.